The summed E-state index contributed by atoms with van der Waals surface area (Å²) in [4.78, 5) is 13.9. The van der Waals surface area contributed by atoms with E-state index in [0.29, 0.717) is 11.8 Å². The van der Waals surface area contributed by atoms with Gasteiger partial charge in [-0.05, 0) is 11.6 Å². The maximum atomic E-state index is 12.3. The first-order valence-corrected chi connectivity index (χ1v) is 3.62. The highest BCUT2D eigenvalue weighted by Gasteiger charge is 2.16. The van der Waals surface area contributed by atoms with Crippen molar-refractivity contribution in [3.05, 3.63) is 29.1 Å². The van der Waals surface area contributed by atoms with Gasteiger partial charge in [-0.2, -0.15) is 0 Å². The second kappa shape index (κ2) is 4.04. The Morgan fingerprint density at radius 3 is 2.77 bits per heavy atom. The Morgan fingerprint density at radius 2 is 2.31 bits per heavy atom. The van der Waals surface area contributed by atoms with Gasteiger partial charge in [0.15, 0.2) is 6.29 Å². The number of nitrogens with zero attached hydrogens (tertiary/aromatic N) is 1. The van der Waals surface area contributed by atoms with Crippen molar-refractivity contribution in [1.82, 2.24) is 4.98 Å². The van der Waals surface area contributed by atoms with Gasteiger partial charge in [0.05, 0.1) is 0 Å². The Hall–Kier alpha value is -1.36. The van der Waals surface area contributed by atoms with Crippen molar-refractivity contribution in [2.75, 3.05) is 0 Å². The van der Waals surface area contributed by atoms with E-state index in [2.05, 4.69) is 4.98 Å². The van der Waals surface area contributed by atoms with Crippen LogP contribution >= 0.6 is 0 Å². The number of rotatable bonds is 3. The Bertz CT molecular complexity index is 315. The number of hydrogen-bond acceptors (Lipinski definition) is 3. The third-order valence-corrected chi connectivity index (χ3v) is 1.66. The van der Waals surface area contributed by atoms with Gasteiger partial charge in [0, 0.05) is 18.3 Å². The lowest BCUT2D eigenvalue weighted by atomic mass is 10.1. The molecule has 2 N–H and O–H groups in total. The molecule has 0 amide bonds. The van der Waals surface area contributed by atoms with E-state index in [-0.39, 0.29) is 12.1 Å². The molecule has 1 aromatic heterocycles. The van der Waals surface area contributed by atoms with Crippen molar-refractivity contribution < 1.29 is 13.6 Å². The number of aldehydes is 1. The standard InChI is InChI=1S/C8H8F2N2O/c9-8(10)7-6(4-13)5(3-11)1-2-12-7/h1-2,4,8H,3,11H2. The van der Waals surface area contributed by atoms with Gasteiger partial charge in [0.1, 0.15) is 5.69 Å². The van der Waals surface area contributed by atoms with Crippen LogP contribution in [0.15, 0.2) is 12.3 Å². The Morgan fingerprint density at radius 1 is 1.62 bits per heavy atom. The van der Waals surface area contributed by atoms with Gasteiger partial charge < -0.3 is 5.73 Å². The molecule has 1 aromatic rings. The minimum atomic E-state index is -2.74. The average molecular weight is 186 g/mol. The van der Waals surface area contributed by atoms with Crippen LogP contribution < -0.4 is 5.73 Å². The first-order chi connectivity index (χ1) is 6.20. The lowest BCUT2D eigenvalue weighted by Gasteiger charge is -2.05. The van der Waals surface area contributed by atoms with Gasteiger partial charge in [-0.3, -0.25) is 9.78 Å². The van der Waals surface area contributed by atoms with Crippen LogP contribution in [0.1, 0.15) is 28.0 Å². The number of hydrogen-bond donors (Lipinski definition) is 1. The van der Waals surface area contributed by atoms with E-state index in [9.17, 15) is 13.6 Å². The Kier molecular flexibility index (Phi) is 3.02. The maximum Gasteiger partial charge on any atom is 0.281 e. The minimum Gasteiger partial charge on any atom is -0.326 e. The van der Waals surface area contributed by atoms with Gasteiger partial charge in [-0.25, -0.2) is 8.78 Å². The summed E-state index contributed by atoms with van der Waals surface area (Å²) < 4.78 is 24.5. The Labute approximate surface area is 73.6 Å². The van der Waals surface area contributed by atoms with Crippen molar-refractivity contribution in [3.63, 3.8) is 0 Å². The SMILES string of the molecule is NCc1ccnc(C(F)F)c1C=O. The van der Waals surface area contributed by atoms with Crippen LogP contribution in [0.2, 0.25) is 0 Å². The van der Waals surface area contributed by atoms with Crippen molar-refractivity contribution >= 4 is 6.29 Å². The van der Waals surface area contributed by atoms with Crippen LogP contribution in [0.5, 0.6) is 0 Å². The fraction of sp³-hybridized carbons (Fsp3) is 0.250. The molecule has 3 nitrogen and oxygen atoms in total. The first-order valence-electron chi connectivity index (χ1n) is 3.62. The number of nitrogens with two attached hydrogens (primary N) is 1. The van der Waals surface area contributed by atoms with Crippen molar-refractivity contribution in [3.8, 4) is 0 Å². The number of halogens is 2. The maximum absolute atomic E-state index is 12.3. The molecule has 0 saturated heterocycles. The molecule has 0 spiro atoms. The lowest BCUT2D eigenvalue weighted by molar-refractivity contribution is 0.110. The summed E-state index contributed by atoms with van der Waals surface area (Å²) in [6.45, 7) is 0.0519. The zero-order valence-electron chi connectivity index (χ0n) is 6.71. The molecule has 0 fully saturated rings. The van der Waals surface area contributed by atoms with Crippen LogP contribution in [0.4, 0.5) is 8.78 Å². The first kappa shape index (κ1) is 9.73. The van der Waals surface area contributed by atoms with Crippen LogP contribution in [0.25, 0.3) is 0 Å². The van der Waals surface area contributed by atoms with Crippen LogP contribution in [0, 0.1) is 0 Å². The molecule has 0 bridgehead atoms. The zero-order chi connectivity index (χ0) is 9.84. The number of carbonyl (C=O) groups excluding carboxylic acids is 1. The van der Waals surface area contributed by atoms with Gasteiger partial charge in [-0.1, -0.05) is 0 Å². The number of carbonyl (C=O) groups is 1. The summed E-state index contributed by atoms with van der Waals surface area (Å²) in [7, 11) is 0. The van der Waals surface area contributed by atoms with Crippen LogP contribution in [-0.2, 0) is 6.54 Å². The van der Waals surface area contributed by atoms with E-state index in [1.54, 1.807) is 0 Å². The fourth-order valence-corrected chi connectivity index (χ4v) is 1.02. The van der Waals surface area contributed by atoms with Crippen molar-refractivity contribution in [1.29, 1.82) is 0 Å². The molecule has 1 rings (SSSR count). The molecule has 0 atom stereocenters. The molecule has 0 aliphatic carbocycles. The highest BCUT2D eigenvalue weighted by molar-refractivity contribution is 5.78. The topological polar surface area (TPSA) is 56.0 Å². The summed E-state index contributed by atoms with van der Waals surface area (Å²) in [5.74, 6) is 0. The van der Waals surface area contributed by atoms with E-state index in [4.69, 9.17) is 5.73 Å². The van der Waals surface area contributed by atoms with E-state index >= 15 is 0 Å². The van der Waals surface area contributed by atoms with Gasteiger partial charge in [0.2, 0.25) is 0 Å². The summed E-state index contributed by atoms with van der Waals surface area (Å²) >= 11 is 0. The predicted octanol–water partition coefficient (Wildman–Crippen LogP) is 1.29. The average Bonchev–Trinajstić information content (AvgIpc) is 2.16. The quantitative estimate of drug-likeness (QED) is 0.723. The molecule has 13 heavy (non-hydrogen) atoms. The molecule has 0 aliphatic rings. The van der Waals surface area contributed by atoms with E-state index in [1.807, 2.05) is 0 Å². The summed E-state index contributed by atoms with van der Waals surface area (Å²) in [5, 5.41) is 0. The number of pyridine rings is 1. The van der Waals surface area contributed by atoms with Crippen molar-refractivity contribution in [2.24, 2.45) is 5.73 Å². The summed E-state index contributed by atoms with van der Waals surface area (Å²) in [6.07, 6.45) is -1.17. The molecular formula is C8H8F2N2O. The van der Waals surface area contributed by atoms with Crippen LogP contribution in [-0.4, -0.2) is 11.3 Å². The number of alkyl halides is 2. The predicted molar refractivity (Wildman–Crippen MR) is 42.5 cm³/mol. The van der Waals surface area contributed by atoms with Crippen molar-refractivity contribution in [2.45, 2.75) is 13.0 Å². The highest BCUT2D eigenvalue weighted by atomic mass is 19.3. The third kappa shape index (κ3) is 1.86. The molecule has 0 unspecified atom stereocenters. The number of aromatic nitrogens is 1. The summed E-state index contributed by atoms with van der Waals surface area (Å²) in [6, 6.07) is 1.45. The van der Waals surface area contributed by atoms with Gasteiger partial charge in [0.25, 0.3) is 6.43 Å². The van der Waals surface area contributed by atoms with E-state index in [1.165, 1.54) is 12.3 Å². The van der Waals surface area contributed by atoms with Gasteiger partial charge >= 0.3 is 0 Å². The molecule has 0 aromatic carbocycles. The van der Waals surface area contributed by atoms with Crippen LogP contribution in [0.3, 0.4) is 0 Å². The summed E-state index contributed by atoms with van der Waals surface area (Å²) in [5.41, 5.74) is 5.05. The molecule has 70 valence electrons. The zero-order valence-corrected chi connectivity index (χ0v) is 6.71. The van der Waals surface area contributed by atoms with E-state index < -0.39 is 12.1 Å². The monoisotopic (exact) mass is 186 g/mol. The molecule has 0 aliphatic heterocycles. The second-order valence-corrected chi connectivity index (χ2v) is 2.39. The van der Waals surface area contributed by atoms with E-state index in [0.717, 1.165) is 0 Å². The molecular weight excluding hydrogens is 178 g/mol. The third-order valence-electron chi connectivity index (χ3n) is 1.66. The smallest absolute Gasteiger partial charge is 0.281 e. The lowest BCUT2D eigenvalue weighted by Crippen LogP contribution is -2.06. The van der Waals surface area contributed by atoms with Gasteiger partial charge in [-0.15, -0.1) is 0 Å². The largest absolute Gasteiger partial charge is 0.326 e. The second-order valence-electron chi connectivity index (χ2n) is 2.39. The Balaban J connectivity index is 3.27. The fourth-order valence-electron chi connectivity index (χ4n) is 1.02. The highest BCUT2D eigenvalue weighted by Crippen LogP contribution is 2.21. The minimum absolute atomic E-state index is 0.0519. The normalized spacial score (nSPS) is 10.5. The molecule has 1 heterocycles. The molecule has 0 saturated carbocycles. The molecule has 5 heteroatoms. The molecule has 0 radical (unpaired) electrons.